The van der Waals surface area contributed by atoms with Crippen molar-refractivity contribution >= 4 is 50.6 Å². The Balaban J connectivity index is 2.03. The molecule has 0 spiro atoms. The van der Waals surface area contributed by atoms with E-state index in [2.05, 4.69) is 26.9 Å². The van der Waals surface area contributed by atoms with Gasteiger partial charge in [-0.3, -0.25) is 0 Å². The van der Waals surface area contributed by atoms with Crippen LogP contribution in [0.2, 0.25) is 0 Å². The van der Waals surface area contributed by atoms with E-state index in [0.29, 0.717) is 17.3 Å². The number of anilines is 1. The fourth-order valence-electron chi connectivity index (χ4n) is 2.86. The molecule has 3 rings (SSSR count). The van der Waals surface area contributed by atoms with Gasteiger partial charge in [0.15, 0.2) is 21.5 Å². The van der Waals surface area contributed by atoms with Crippen molar-refractivity contribution in [2.45, 2.75) is 15.1 Å². The second kappa shape index (κ2) is 8.28. The van der Waals surface area contributed by atoms with E-state index in [-0.39, 0.29) is 10.7 Å². The van der Waals surface area contributed by atoms with Crippen LogP contribution in [0.4, 0.5) is 5.95 Å². The van der Waals surface area contributed by atoms with Crippen LogP contribution in [0, 0.1) is 0 Å². The first-order chi connectivity index (χ1) is 13.0. The first kappa shape index (κ1) is 21.5. The molecular weight excluding hydrogens is 445 g/mol. The highest BCUT2D eigenvalue weighted by Crippen LogP contribution is 2.37. The van der Waals surface area contributed by atoms with Crippen molar-refractivity contribution in [3.8, 4) is 11.4 Å². The second-order valence-electron chi connectivity index (χ2n) is 6.72. The van der Waals surface area contributed by atoms with Gasteiger partial charge in [-0.15, -0.1) is 0 Å². The summed E-state index contributed by atoms with van der Waals surface area (Å²) in [7, 11) is -1.23. The number of hydrogen-bond acceptors (Lipinski definition) is 7. The Morgan fingerprint density at radius 3 is 2.25 bits per heavy atom. The summed E-state index contributed by atoms with van der Waals surface area (Å²) in [5.74, 6) is 0.792. The van der Waals surface area contributed by atoms with E-state index in [1.165, 1.54) is 12.1 Å². The van der Waals surface area contributed by atoms with Crippen LogP contribution < -0.4 is 4.90 Å². The van der Waals surface area contributed by atoms with Crippen LogP contribution in [-0.4, -0.2) is 67.8 Å². The zero-order chi connectivity index (χ0) is 20.5. The maximum absolute atomic E-state index is 11.7. The molecule has 11 heteroatoms. The average Bonchev–Trinajstić information content (AvgIpc) is 2.84. The molecule has 0 N–H and O–H groups in total. The van der Waals surface area contributed by atoms with Crippen LogP contribution in [0.3, 0.4) is 0 Å². The van der Waals surface area contributed by atoms with Crippen LogP contribution in [-0.2, 0) is 13.6 Å². The molecular formula is C17H20Cl3N5O2S. The molecule has 0 unspecified atom stereocenters. The number of rotatable bonds is 3. The first-order valence-electron chi connectivity index (χ1n) is 8.61. The minimum absolute atomic E-state index is 0.0299. The summed E-state index contributed by atoms with van der Waals surface area (Å²) in [5.41, 5.74) is 0.610. The van der Waals surface area contributed by atoms with Gasteiger partial charge in [0, 0.05) is 31.5 Å². The van der Waals surface area contributed by atoms with Gasteiger partial charge in [-0.2, -0.15) is 9.97 Å². The summed E-state index contributed by atoms with van der Waals surface area (Å²) in [6.45, 7) is 3.37. The standard InChI is InChI=1S/C17H20Cl3N5O2S/c1-24-8-3-9-25(11-10-24)16-22-14(21-15(23-16)17(18,19)20)12-4-6-13(7-5-12)28(2,26)27/h4-7H,3,8-11H2,1-2H3. The van der Waals surface area contributed by atoms with E-state index in [1.807, 2.05) is 4.90 Å². The van der Waals surface area contributed by atoms with Crippen LogP contribution in [0.5, 0.6) is 0 Å². The Kier molecular flexibility index (Phi) is 6.36. The summed E-state index contributed by atoms with van der Waals surface area (Å²) < 4.78 is 21.6. The van der Waals surface area contributed by atoms with Gasteiger partial charge in [-0.05, 0) is 44.3 Å². The van der Waals surface area contributed by atoms with E-state index in [9.17, 15) is 8.42 Å². The number of likely N-dealkylation sites (N-methyl/N-ethyl adjacent to an activating group) is 1. The fraction of sp³-hybridized carbons (Fsp3) is 0.471. The van der Waals surface area contributed by atoms with Crippen LogP contribution in [0.25, 0.3) is 11.4 Å². The van der Waals surface area contributed by atoms with Crippen LogP contribution in [0.15, 0.2) is 29.2 Å². The van der Waals surface area contributed by atoms with Crippen molar-refractivity contribution in [2.75, 3.05) is 44.4 Å². The molecule has 2 aromatic rings. The Bertz CT molecular complexity index is 948. The molecule has 1 aliphatic heterocycles. The zero-order valence-corrected chi connectivity index (χ0v) is 18.5. The summed E-state index contributed by atoms with van der Waals surface area (Å²) in [6, 6.07) is 6.27. The monoisotopic (exact) mass is 463 g/mol. The lowest BCUT2D eigenvalue weighted by molar-refractivity contribution is 0.360. The van der Waals surface area contributed by atoms with E-state index >= 15 is 0 Å². The van der Waals surface area contributed by atoms with Crippen molar-refractivity contribution in [2.24, 2.45) is 0 Å². The van der Waals surface area contributed by atoms with Gasteiger partial charge in [0.05, 0.1) is 4.90 Å². The lowest BCUT2D eigenvalue weighted by Gasteiger charge is -2.22. The van der Waals surface area contributed by atoms with Crippen molar-refractivity contribution in [3.05, 3.63) is 30.1 Å². The summed E-state index contributed by atoms with van der Waals surface area (Å²) in [5, 5.41) is 0. The molecule has 28 heavy (non-hydrogen) atoms. The molecule has 1 fully saturated rings. The normalized spacial score (nSPS) is 16.8. The van der Waals surface area contributed by atoms with E-state index in [1.54, 1.807) is 12.1 Å². The largest absolute Gasteiger partial charge is 0.339 e. The minimum Gasteiger partial charge on any atom is -0.339 e. The van der Waals surface area contributed by atoms with Crippen molar-refractivity contribution in [1.82, 2.24) is 19.9 Å². The number of sulfone groups is 1. The van der Waals surface area contributed by atoms with Gasteiger partial charge < -0.3 is 9.80 Å². The number of aromatic nitrogens is 3. The molecule has 1 aromatic heterocycles. The Morgan fingerprint density at radius 2 is 1.64 bits per heavy atom. The number of halogens is 3. The summed E-state index contributed by atoms with van der Waals surface area (Å²) in [4.78, 5) is 17.7. The maximum Gasteiger partial charge on any atom is 0.250 e. The maximum atomic E-state index is 11.7. The predicted octanol–water partition coefficient (Wildman–Crippen LogP) is 2.91. The SMILES string of the molecule is CN1CCCN(c2nc(-c3ccc(S(C)(=O)=O)cc3)nc(C(Cl)(Cl)Cl)n2)CC1. The topological polar surface area (TPSA) is 79.3 Å². The summed E-state index contributed by atoms with van der Waals surface area (Å²) in [6.07, 6.45) is 2.12. The van der Waals surface area contributed by atoms with Gasteiger partial charge in [0.25, 0.3) is 0 Å². The van der Waals surface area contributed by atoms with Gasteiger partial charge in [-0.1, -0.05) is 34.8 Å². The Labute approximate surface area is 179 Å². The van der Waals surface area contributed by atoms with Gasteiger partial charge >= 0.3 is 0 Å². The minimum atomic E-state index is -3.30. The molecule has 7 nitrogen and oxygen atoms in total. The van der Waals surface area contributed by atoms with Gasteiger partial charge in [0.2, 0.25) is 9.74 Å². The molecule has 0 saturated carbocycles. The van der Waals surface area contributed by atoms with Crippen LogP contribution >= 0.6 is 34.8 Å². The molecule has 0 atom stereocenters. The van der Waals surface area contributed by atoms with Crippen molar-refractivity contribution in [1.29, 1.82) is 0 Å². The Hall–Kier alpha value is -1.19. The van der Waals surface area contributed by atoms with E-state index in [4.69, 9.17) is 34.8 Å². The zero-order valence-electron chi connectivity index (χ0n) is 15.4. The highest BCUT2D eigenvalue weighted by molar-refractivity contribution is 7.90. The molecule has 0 aliphatic carbocycles. The number of nitrogens with zero attached hydrogens (tertiary/aromatic N) is 5. The lowest BCUT2D eigenvalue weighted by Crippen LogP contribution is -2.31. The van der Waals surface area contributed by atoms with E-state index in [0.717, 1.165) is 38.9 Å². The molecule has 152 valence electrons. The molecule has 2 heterocycles. The van der Waals surface area contributed by atoms with Crippen LogP contribution in [0.1, 0.15) is 12.2 Å². The summed E-state index contributed by atoms with van der Waals surface area (Å²) >= 11 is 18.1. The third kappa shape index (κ3) is 5.24. The lowest BCUT2D eigenvalue weighted by atomic mass is 10.2. The molecule has 1 aliphatic rings. The number of benzene rings is 1. The quantitative estimate of drug-likeness (QED) is 0.646. The molecule has 0 radical (unpaired) electrons. The van der Waals surface area contributed by atoms with E-state index < -0.39 is 13.6 Å². The third-order valence-electron chi connectivity index (χ3n) is 4.42. The molecule has 0 amide bonds. The first-order valence-corrected chi connectivity index (χ1v) is 11.6. The van der Waals surface area contributed by atoms with Gasteiger partial charge in [0.1, 0.15) is 0 Å². The van der Waals surface area contributed by atoms with Crippen molar-refractivity contribution < 1.29 is 8.42 Å². The number of alkyl halides is 3. The average molecular weight is 465 g/mol. The highest BCUT2D eigenvalue weighted by atomic mass is 35.6. The molecule has 0 bridgehead atoms. The second-order valence-corrected chi connectivity index (χ2v) is 11.0. The molecule has 1 saturated heterocycles. The highest BCUT2D eigenvalue weighted by Gasteiger charge is 2.30. The third-order valence-corrected chi connectivity index (χ3v) is 6.06. The van der Waals surface area contributed by atoms with Gasteiger partial charge in [-0.25, -0.2) is 13.4 Å². The predicted molar refractivity (Wildman–Crippen MR) is 112 cm³/mol. The van der Waals surface area contributed by atoms with Crippen molar-refractivity contribution in [3.63, 3.8) is 0 Å². The fourth-order valence-corrected chi connectivity index (χ4v) is 3.74. The molecule has 1 aromatic carbocycles. The number of hydrogen-bond donors (Lipinski definition) is 0. The smallest absolute Gasteiger partial charge is 0.250 e. The Morgan fingerprint density at radius 1 is 0.964 bits per heavy atom.